The van der Waals surface area contributed by atoms with E-state index in [1.54, 1.807) is 11.3 Å². The van der Waals surface area contributed by atoms with E-state index in [1.165, 1.54) is 44.0 Å². The van der Waals surface area contributed by atoms with Gasteiger partial charge in [0, 0.05) is 36.6 Å². The molecule has 1 aromatic heterocycles. The maximum Gasteiger partial charge on any atom is 0.319 e. The van der Waals surface area contributed by atoms with Gasteiger partial charge >= 0.3 is 6.03 Å². The van der Waals surface area contributed by atoms with Crippen molar-refractivity contribution in [2.45, 2.75) is 18.2 Å². The molecule has 1 heterocycles. The van der Waals surface area contributed by atoms with Crippen LogP contribution in [0.4, 0.5) is 10.5 Å². The number of amides is 2. The molecule has 0 spiro atoms. The lowest BCUT2D eigenvalue weighted by Crippen LogP contribution is -2.30. The van der Waals surface area contributed by atoms with E-state index in [9.17, 15) is 13.2 Å². The van der Waals surface area contributed by atoms with Gasteiger partial charge in [0.1, 0.15) is 5.01 Å². The smallest absolute Gasteiger partial charge is 0.319 e. The number of aromatic nitrogens is 1. The standard InChI is InChI=1S/C21H24N4O4S2/c1-15-4-6-16(7-5-15)20-23-18(14-30-20)12-13-22-21(26)24-17-8-10-19(11-9-17)31(27,28)25(2)29-3/h4-11,14H,12-13H2,1-3H3,(H2,22,24,26). The largest absolute Gasteiger partial charge is 0.337 e. The monoisotopic (exact) mass is 460 g/mol. The third-order valence-corrected chi connectivity index (χ3v) is 7.16. The van der Waals surface area contributed by atoms with Crippen LogP contribution in [0.2, 0.25) is 0 Å². The number of hydrogen-bond donors (Lipinski definition) is 2. The molecule has 3 aromatic rings. The lowest BCUT2D eigenvalue weighted by Gasteiger charge is -2.14. The molecule has 0 aliphatic carbocycles. The van der Waals surface area contributed by atoms with Crippen LogP contribution in [0.3, 0.4) is 0 Å². The predicted molar refractivity (Wildman–Crippen MR) is 121 cm³/mol. The molecule has 0 radical (unpaired) electrons. The Morgan fingerprint density at radius 2 is 1.81 bits per heavy atom. The summed E-state index contributed by atoms with van der Waals surface area (Å²) in [6, 6.07) is 13.7. The normalized spacial score (nSPS) is 11.5. The van der Waals surface area contributed by atoms with Crippen LogP contribution < -0.4 is 10.6 Å². The summed E-state index contributed by atoms with van der Waals surface area (Å²) in [5.41, 5.74) is 3.67. The molecule has 0 saturated heterocycles. The van der Waals surface area contributed by atoms with Gasteiger partial charge in [-0.3, -0.25) is 4.84 Å². The average Bonchev–Trinajstić information content (AvgIpc) is 3.23. The lowest BCUT2D eigenvalue weighted by atomic mass is 10.2. The number of nitrogens with zero attached hydrogens (tertiary/aromatic N) is 2. The molecule has 0 aliphatic rings. The molecule has 0 bridgehead atoms. The lowest BCUT2D eigenvalue weighted by molar-refractivity contribution is -0.0258. The summed E-state index contributed by atoms with van der Waals surface area (Å²) in [5.74, 6) is 0. The first-order chi connectivity index (χ1) is 14.8. The summed E-state index contributed by atoms with van der Waals surface area (Å²) in [7, 11) is -1.15. The molecule has 10 heteroatoms. The van der Waals surface area contributed by atoms with Gasteiger partial charge in [0.25, 0.3) is 10.0 Å². The van der Waals surface area contributed by atoms with Gasteiger partial charge in [0.2, 0.25) is 0 Å². The Morgan fingerprint density at radius 3 is 2.45 bits per heavy atom. The van der Waals surface area contributed by atoms with E-state index in [4.69, 9.17) is 4.84 Å². The van der Waals surface area contributed by atoms with Gasteiger partial charge in [0.15, 0.2) is 0 Å². The maximum absolute atomic E-state index is 12.2. The van der Waals surface area contributed by atoms with Crippen LogP contribution >= 0.6 is 11.3 Å². The van der Waals surface area contributed by atoms with Crippen molar-refractivity contribution < 1.29 is 18.0 Å². The molecule has 2 amide bonds. The topological polar surface area (TPSA) is 101 Å². The molecule has 31 heavy (non-hydrogen) atoms. The van der Waals surface area contributed by atoms with Gasteiger partial charge < -0.3 is 10.6 Å². The third-order valence-electron chi connectivity index (χ3n) is 4.52. The Morgan fingerprint density at radius 1 is 1.13 bits per heavy atom. The summed E-state index contributed by atoms with van der Waals surface area (Å²) in [4.78, 5) is 21.5. The van der Waals surface area contributed by atoms with Gasteiger partial charge in [-0.1, -0.05) is 34.3 Å². The number of carbonyl (C=O) groups excluding carboxylic acids is 1. The summed E-state index contributed by atoms with van der Waals surface area (Å²) in [5, 5.41) is 8.40. The highest BCUT2D eigenvalue weighted by Crippen LogP contribution is 2.24. The van der Waals surface area contributed by atoms with Crippen molar-refractivity contribution in [1.29, 1.82) is 0 Å². The second-order valence-electron chi connectivity index (χ2n) is 6.76. The zero-order valence-electron chi connectivity index (χ0n) is 17.5. The molecule has 2 aromatic carbocycles. The Kier molecular flexibility index (Phi) is 7.39. The Balaban J connectivity index is 1.49. The van der Waals surface area contributed by atoms with Crippen LogP contribution in [0.1, 0.15) is 11.3 Å². The molecule has 0 fully saturated rings. The van der Waals surface area contributed by atoms with E-state index in [1.807, 2.05) is 24.4 Å². The predicted octanol–water partition coefficient (Wildman–Crippen LogP) is 3.66. The van der Waals surface area contributed by atoms with Crippen molar-refractivity contribution in [2.75, 3.05) is 26.0 Å². The highest BCUT2D eigenvalue weighted by Gasteiger charge is 2.20. The quantitative estimate of drug-likeness (QED) is 0.500. The average molecular weight is 461 g/mol. The fraction of sp³-hybridized carbons (Fsp3) is 0.238. The number of aryl methyl sites for hydroxylation is 1. The van der Waals surface area contributed by atoms with Crippen LogP contribution in [-0.4, -0.2) is 44.6 Å². The number of rotatable bonds is 8. The van der Waals surface area contributed by atoms with Crippen LogP contribution in [0.25, 0.3) is 10.6 Å². The number of benzene rings is 2. The number of hydroxylamine groups is 1. The third kappa shape index (κ3) is 5.88. The van der Waals surface area contributed by atoms with Crippen LogP contribution in [0.5, 0.6) is 0 Å². The summed E-state index contributed by atoms with van der Waals surface area (Å²) in [6.07, 6.45) is 0.607. The molecule has 8 nitrogen and oxygen atoms in total. The molecule has 3 rings (SSSR count). The minimum absolute atomic E-state index is 0.0655. The zero-order chi connectivity index (χ0) is 22.4. The SMILES string of the molecule is CON(C)S(=O)(=O)c1ccc(NC(=O)NCCc2csc(-c3ccc(C)cc3)n2)cc1. The number of sulfonamides is 1. The minimum Gasteiger partial charge on any atom is -0.337 e. The Bertz CT molecular complexity index is 1130. The first kappa shape index (κ1) is 22.9. The zero-order valence-corrected chi connectivity index (χ0v) is 19.1. The highest BCUT2D eigenvalue weighted by atomic mass is 32.2. The summed E-state index contributed by atoms with van der Waals surface area (Å²) in [6.45, 7) is 2.47. The van der Waals surface area contributed by atoms with Crippen molar-refractivity contribution in [3.63, 3.8) is 0 Å². The number of nitrogens with one attached hydrogen (secondary N) is 2. The number of carbonyl (C=O) groups is 1. The van der Waals surface area contributed by atoms with Crippen molar-refractivity contribution in [1.82, 2.24) is 14.8 Å². The number of anilines is 1. The molecule has 0 unspecified atom stereocenters. The van der Waals surface area contributed by atoms with Crippen LogP contribution in [-0.2, 0) is 21.3 Å². The minimum atomic E-state index is -3.72. The van der Waals surface area contributed by atoms with E-state index in [0.29, 0.717) is 18.7 Å². The Labute approximate surface area is 185 Å². The van der Waals surface area contributed by atoms with Gasteiger partial charge in [-0.15, -0.1) is 11.3 Å². The maximum atomic E-state index is 12.2. The highest BCUT2D eigenvalue weighted by molar-refractivity contribution is 7.89. The van der Waals surface area contributed by atoms with Crippen LogP contribution in [0, 0.1) is 6.92 Å². The van der Waals surface area contributed by atoms with Gasteiger partial charge in [-0.2, -0.15) is 0 Å². The molecule has 164 valence electrons. The fourth-order valence-electron chi connectivity index (χ4n) is 2.69. The molecule has 0 saturated carbocycles. The van der Waals surface area contributed by atoms with E-state index < -0.39 is 10.0 Å². The first-order valence-corrected chi connectivity index (χ1v) is 11.8. The van der Waals surface area contributed by atoms with Crippen molar-refractivity contribution in [3.8, 4) is 10.6 Å². The van der Waals surface area contributed by atoms with E-state index in [2.05, 4.69) is 27.8 Å². The van der Waals surface area contributed by atoms with Crippen molar-refractivity contribution >= 4 is 33.1 Å². The van der Waals surface area contributed by atoms with E-state index >= 15 is 0 Å². The first-order valence-electron chi connectivity index (χ1n) is 9.49. The van der Waals surface area contributed by atoms with E-state index in [0.717, 1.165) is 20.7 Å². The second kappa shape index (κ2) is 10.0. The summed E-state index contributed by atoms with van der Waals surface area (Å²) < 4.78 is 25.1. The van der Waals surface area contributed by atoms with E-state index in [-0.39, 0.29) is 10.9 Å². The molecule has 0 atom stereocenters. The fourth-order valence-corrected chi connectivity index (χ4v) is 4.52. The van der Waals surface area contributed by atoms with Gasteiger partial charge in [-0.25, -0.2) is 18.2 Å². The second-order valence-corrected chi connectivity index (χ2v) is 9.56. The molecular formula is C21H24N4O4S2. The molecular weight excluding hydrogens is 436 g/mol. The van der Waals surface area contributed by atoms with Crippen molar-refractivity contribution in [2.24, 2.45) is 0 Å². The van der Waals surface area contributed by atoms with Crippen molar-refractivity contribution in [3.05, 3.63) is 65.2 Å². The van der Waals surface area contributed by atoms with Crippen LogP contribution in [0.15, 0.2) is 58.8 Å². The number of urea groups is 1. The number of thiazole rings is 1. The summed E-state index contributed by atoms with van der Waals surface area (Å²) >= 11 is 1.58. The molecule has 0 aliphatic heterocycles. The van der Waals surface area contributed by atoms with Gasteiger partial charge in [0.05, 0.1) is 17.7 Å². The molecule has 2 N–H and O–H groups in total. The Hall–Kier alpha value is -2.79. The van der Waals surface area contributed by atoms with Gasteiger partial charge in [-0.05, 0) is 31.2 Å². The number of hydrogen-bond acceptors (Lipinski definition) is 6.